The van der Waals surface area contributed by atoms with Crippen LogP contribution in [0.2, 0.25) is 0 Å². The van der Waals surface area contributed by atoms with Gasteiger partial charge in [0.05, 0.1) is 17.8 Å². The van der Waals surface area contributed by atoms with Crippen molar-refractivity contribution in [3.05, 3.63) is 24.7 Å². The number of fused-ring (bicyclic) bond motifs is 1. The van der Waals surface area contributed by atoms with E-state index in [2.05, 4.69) is 15.6 Å². The molecule has 0 atom stereocenters. The third-order valence-electron chi connectivity index (χ3n) is 2.01. The van der Waals surface area contributed by atoms with E-state index in [1.54, 1.807) is 18.0 Å². The average Bonchev–Trinajstić information content (AvgIpc) is 2.58. The molecule has 2 heterocycles. The van der Waals surface area contributed by atoms with E-state index in [4.69, 9.17) is 4.74 Å². The van der Waals surface area contributed by atoms with Crippen LogP contribution in [0, 0.1) is 0 Å². The fraction of sp³-hybridized carbons (Fsp3) is 0.300. The van der Waals surface area contributed by atoms with Gasteiger partial charge in [0, 0.05) is 18.5 Å². The third kappa shape index (κ3) is 1.46. The normalized spacial score (nSPS) is 10.7. The van der Waals surface area contributed by atoms with E-state index >= 15 is 0 Å². The first-order chi connectivity index (χ1) is 6.86. The first kappa shape index (κ1) is 9.40. The molecule has 2 aromatic heterocycles. The van der Waals surface area contributed by atoms with Crippen molar-refractivity contribution in [2.24, 2.45) is 0 Å². The monoisotopic (exact) mass is 208 g/mol. The van der Waals surface area contributed by atoms with Gasteiger partial charge in [-0.1, -0.05) is 0 Å². The van der Waals surface area contributed by atoms with Crippen LogP contribution in [0.1, 0.15) is 6.92 Å². The molecule has 0 spiro atoms. The molecule has 0 aliphatic carbocycles. The largest absolute Gasteiger partial charge is 0.492 e. The van der Waals surface area contributed by atoms with Crippen LogP contribution >= 0.6 is 11.8 Å². The second kappa shape index (κ2) is 3.92. The van der Waals surface area contributed by atoms with Crippen LogP contribution in [0.3, 0.4) is 0 Å². The molecule has 0 unspecified atom stereocenters. The lowest BCUT2D eigenvalue weighted by Crippen LogP contribution is -1.91. The van der Waals surface area contributed by atoms with Crippen LogP contribution in [0.5, 0.6) is 5.75 Å². The second-order valence-electron chi connectivity index (χ2n) is 2.82. The van der Waals surface area contributed by atoms with Crippen LogP contribution in [-0.2, 0) is 0 Å². The molecule has 4 heteroatoms. The Morgan fingerprint density at radius 3 is 3.14 bits per heavy atom. The quantitative estimate of drug-likeness (QED) is 0.725. The van der Waals surface area contributed by atoms with Crippen molar-refractivity contribution >= 4 is 17.3 Å². The Bertz CT molecular complexity index is 439. The van der Waals surface area contributed by atoms with Gasteiger partial charge >= 0.3 is 0 Å². The summed E-state index contributed by atoms with van der Waals surface area (Å²) < 4.78 is 7.61. The molecule has 74 valence electrons. The number of rotatable bonds is 3. The van der Waals surface area contributed by atoms with Gasteiger partial charge < -0.3 is 9.14 Å². The van der Waals surface area contributed by atoms with Gasteiger partial charge in [-0.05, 0) is 13.2 Å². The van der Waals surface area contributed by atoms with E-state index in [0.29, 0.717) is 6.61 Å². The highest BCUT2D eigenvalue weighted by molar-refractivity contribution is 7.98. The van der Waals surface area contributed by atoms with Crippen molar-refractivity contribution in [1.29, 1.82) is 0 Å². The Morgan fingerprint density at radius 2 is 2.43 bits per heavy atom. The zero-order valence-corrected chi connectivity index (χ0v) is 9.04. The summed E-state index contributed by atoms with van der Waals surface area (Å²) >= 11 is 1.70. The van der Waals surface area contributed by atoms with Crippen LogP contribution < -0.4 is 4.74 Å². The molecule has 2 rings (SSSR count). The maximum atomic E-state index is 5.53. The number of aromatic nitrogens is 2. The summed E-state index contributed by atoms with van der Waals surface area (Å²) in [5, 5.41) is 1.17. The molecule has 0 amide bonds. The van der Waals surface area contributed by atoms with Gasteiger partial charge in [-0.3, -0.25) is 4.98 Å². The molecule has 0 aromatic carbocycles. The van der Waals surface area contributed by atoms with E-state index in [1.807, 2.05) is 25.4 Å². The molecular weight excluding hydrogens is 196 g/mol. The van der Waals surface area contributed by atoms with Crippen molar-refractivity contribution in [2.75, 3.05) is 12.9 Å². The lowest BCUT2D eigenvalue weighted by atomic mass is 10.5. The van der Waals surface area contributed by atoms with Crippen LogP contribution in [0.15, 0.2) is 29.7 Å². The summed E-state index contributed by atoms with van der Waals surface area (Å²) in [5.74, 6) is 0.907. The number of nitrogens with zero attached hydrogens (tertiary/aromatic N) is 2. The topological polar surface area (TPSA) is 26.5 Å². The van der Waals surface area contributed by atoms with Crippen LogP contribution in [-0.4, -0.2) is 22.2 Å². The minimum absolute atomic E-state index is 0.683. The number of hydrogen-bond acceptors (Lipinski definition) is 3. The smallest absolute Gasteiger partial charge is 0.147 e. The highest BCUT2D eigenvalue weighted by Crippen LogP contribution is 2.28. The number of thioether (sulfide) groups is 1. The Kier molecular flexibility index (Phi) is 2.63. The third-order valence-corrected chi connectivity index (χ3v) is 2.74. The van der Waals surface area contributed by atoms with Crippen molar-refractivity contribution in [1.82, 2.24) is 9.38 Å². The molecule has 3 nitrogen and oxygen atoms in total. The predicted octanol–water partition coefficient (Wildman–Crippen LogP) is 2.45. The van der Waals surface area contributed by atoms with Crippen LogP contribution in [0.4, 0.5) is 0 Å². The maximum Gasteiger partial charge on any atom is 0.147 e. The van der Waals surface area contributed by atoms with Gasteiger partial charge in [-0.15, -0.1) is 11.8 Å². The van der Waals surface area contributed by atoms with Crippen LogP contribution in [0.25, 0.3) is 5.52 Å². The van der Waals surface area contributed by atoms with Crippen molar-refractivity contribution < 1.29 is 4.74 Å². The van der Waals surface area contributed by atoms with Gasteiger partial charge in [0.2, 0.25) is 0 Å². The van der Waals surface area contributed by atoms with E-state index < -0.39 is 0 Å². The summed E-state index contributed by atoms with van der Waals surface area (Å²) in [6, 6.07) is 2.05. The first-order valence-electron chi connectivity index (χ1n) is 4.48. The minimum atomic E-state index is 0.683. The lowest BCUT2D eigenvalue weighted by molar-refractivity contribution is 0.344. The summed E-state index contributed by atoms with van der Waals surface area (Å²) in [6.07, 6.45) is 7.61. The fourth-order valence-corrected chi connectivity index (χ4v) is 2.00. The molecule has 0 saturated heterocycles. The number of ether oxygens (including phenoxy) is 1. The Hall–Kier alpha value is -1.16. The van der Waals surface area contributed by atoms with Gasteiger partial charge in [0.25, 0.3) is 0 Å². The number of hydrogen-bond donors (Lipinski definition) is 0. The SMILES string of the molecule is CCOc1cc(SC)n2ccncc12. The highest BCUT2D eigenvalue weighted by atomic mass is 32.2. The lowest BCUT2D eigenvalue weighted by Gasteiger charge is -1.99. The van der Waals surface area contributed by atoms with E-state index in [0.717, 1.165) is 11.3 Å². The minimum Gasteiger partial charge on any atom is -0.492 e. The summed E-state index contributed by atoms with van der Waals surface area (Å²) in [4.78, 5) is 4.09. The first-order valence-corrected chi connectivity index (χ1v) is 5.71. The summed E-state index contributed by atoms with van der Waals surface area (Å²) in [7, 11) is 0. The van der Waals surface area contributed by atoms with E-state index in [9.17, 15) is 0 Å². The van der Waals surface area contributed by atoms with Crippen molar-refractivity contribution in [3.63, 3.8) is 0 Å². The van der Waals surface area contributed by atoms with E-state index in [-0.39, 0.29) is 0 Å². The predicted molar refractivity (Wildman–Crippen MR) is 58.1 cm³/mol. The van der Waals surface area contributed by atoms with Gasteiger partial charge in [0.15, 0.2) is 0 Å². The summed E-state index contributed by atoms with van der Waals surface area (Å²) in [6.45, 7) is 2.67. The van der Waals surface area contributed by atoms with E-state index in [1.165, 1.54) is 5.03 Å². The molecular formula is C10H12N2OS. The second-order valence-corrected chi connectivity index (χ2v) is 3.64. The van der Waals surface area contributed by atoms with Crippen molar-refractivity contribution in [2.45, 2.75) is 11.9 Å². The fourth-order valence-electron chi connectivity index (χ4n) is 1.42. The Morgan fingerprint density at radius 1 is 1.57 bits per heavy atom. The molecule has 0 bridgehead atoms. The van der Waals surface area contributed by atoms with Gasteiger partial charge in [-0.25, -0.2) is 0 Å². The Labute approximate surface area is 87.1 Å². The molecule has 0 aliphatic heterocycles. The molecule has 14 heavy (non-hydrogen) atoms. The average molecular weight is 208 g/mol. The van der Waals surface area contributed by atoms with Gasteiger partial charge in [0.1, 0.15) is 11.3 Å². The zero-order chi connectivity index (χ0) is 9.97. The standard InChI is InChI=1S/C10H12N2OS/c1-3-13-9-6-10(14-2)12-5-4-11-7-8(9)12/h4-7H,3H2,1-2H3. The molecule has 0 aliphatic rings. The molecule has 0 radical (unpaired) electrons. The molecule has 0 saturated carbocycles. The maximum absolute atomic E-state index is 5.53. The Balaban J connectivity index is 2.61. The molecule has 2 aromatic rings. The van der Waals surface area contributed by atoms with Gasteiger partial charge in [-0.2, -0.15) is 0 Å². The summed E-state index contributed by atoms with van der Waals surface area (Å²) in [5.41, 5.74) is 1.03. The highest BCUT2D eigenvalue weighted by Gasteiger charge is 2.08. The molecule has 0 N–H and O–H groups in total. The molecule has 0 fully saturated rings. The van der Waals surface area contributed by atoms with Crippen molar-refractivity contribution in [3.8, 4) is 5.75 Å². The zero-order valence-electron chi connectivity index (χ0n) is 8.23.